The van der Waals surface area contributed by atoms with Gasteiger partial charge in [-0.1, -0.05) is 6.58 Å². The Kier molecular flexibility index (Phi) is 7.14. The van der Waals surface area contributed by atoms with Crippen molar-refractivity contribution in [1.82, 2.24) is 10.2 Å². The number of hydrogen-bond acceptors (Lipinski definition) is 4. The van der Waals surface area contributed by atoms with Crippen LogP contribution in [0.3, 0.4) is 0 Å². The van der Waals surface area contributed by atoms with Gasteiger partial charge in [0.1, 0.15) is 5.60 Å². The molecule has 0 unspecified atom stereocenters. The maximum absolute atomic E-state index is 10.5. The molecule has 0 aromatic rings. The van der Waals surface area contributed by atoms with Crippen molar-refractivity contribution >= 4 is 12.1 Å². The van der Waals surface area contributed by atoms with Crippen LogP contribution in [-0.4, -0.2) is 53.3 Å². The summed E-state index contributed by atoms with van der Waals surface area (Å²) in [5.41, 5.74) is -0.398. The van der Waals surface area contributed by atoms with E-state index in [2.05, 4.69) is 11.9 Å². The van der Waals surface area contributed by atoms with E-state index >= 15 is 0 Å². The van der Waals surface area contributed by atoms with Crippen molar-refractivity contribution in [2.45, 2.75) is 39.3 Å². The van der Waals surface area contributed by atoms with E-state index in [0.717, 1.165) is 19.2 Å². The summed E-state index contributed by atoms with van der Waals surface area (Å²) in [7, 11) is 0. The number of carbonyl (C=O) groups is 2. The molecule has 1 aliphatic rings. The Bertz CT molecular complexity index is 323. The number of carboxylic acid groups (broad SMARTS) is 1. The van der Waals surface area contributed by atoms with Crippen molar-refractivity contribution in [3.8, 4) is 0 Å². The van der Waals surface area contributed by atoms with E-state index in [1.165, 1.54) is 4.90 Å². The third-order valence-corrected chi connectivity index (χ3v) is 2.32. The summed E-state index contributed by atoms with van der Waals surface area (Å²) < 4.78 is 4.83. The number of rotatable bonds is 1. The molecule has 1 aliphatic heterocycles. The van der Waals surface area contributed by atoms with Crippen LogP contribution in [0.1, 0.15) is 27.7 Å². The van der Waals surface area contributed by atoms with Crippen LogP contribution in [0.5, 0.6) is 0 Å². The molecule has 110 valence electrons. The first-order valence-corrected chi connectivity index (χ1v) is 6.23. The van der Waals surface area contributed by atoms with E-state index in [1.807, 2.05) is 27.7 Å². The zero-order valence-corrected chi connectivity index (χ0v) is 12.1. The summed E-state index contributed by atoms with van der Waals surface area (Å²) in [5, 5.41) is 11.7. The van der Waals surface area contributed by atoms with Crippen LogP contribution < -0.4 is 5.32 Å². The van der Waals surface area contributed by atoms with Gasteiger partial charge >= 0.3 is 12.1 Å². The predicted molar refractivity (Wildman–Crippen MR) is 73.1 cm³/mol. The lowest BCUT2D eigenvalue weighted by molar-refractivity contribution is -0.148. The van der Waals surface area contributed by atoms with Gasteiger partial charge in [-0.3, -0.25) is 0 Å². The molecule has 1 atom stereocenters. The van der Waals surface area contributed by atoms with E-state index in [0.29, 0.717) is 6.54 Å². The topological polar surface area (TPSA) is 78.9 Å². The molecule has 0 aromatic heterocycles. The highest BCUT2D eigenvalue weighted by atomic mass is 16.6. The largest absolute Gasteiger partial charge is 0.465 e. The van der Waals surface area contributed by atoms with Gasteiger partial charge < -0.3 is 20.1 Å². The Morgan fingerprint density at radius 2 is 2.05 bits per heavy atom. The van der Waals surface area contributed by atoms with Gasteiger partial charge in [0.2, 0.25) is 0 Å². The van der Waals surface area contributed by atoms with Crippen LogP contribution in [0.2, 0.25) is 0 Å². The average Bonchev–Trinajstić information content (AvgIpc) is 2.27. The van der Waals surface area contributed by atoms with Crippen molar-refractivity contribution in [1.29, 1.82) is 0 Å². The fraction of sp³-hybridized carbons (Fsp3) is 0.692. The maximum Gasteiger partial charge on any atom is 0.407 e. The Morgan fingerprint density at radius 3 is 2.32 bits per heavy atom. The van der Waals surface area contributed by atoms with Crippen LogP contribution >= 0.6 is 0 Å². The molecule has 1 rings (SSSR count). The molecule has 1 heterocycles. The number of carbonyl (C=O) groups excluding carboxylic acids is 1. The predicted octanol–water partition coefficient (Wildman–Crippen LogP) is 1.47. The number of nitrogens with one attached hydrogen (secondary N) is 1. The number of ether oxygens (including phenoxy) is 1. The molecular weight excluding hydrogens is 248 g/mol. The molecule has 1 amide bonds. The van der Waals surface area contributed by atoms with Gasteiger partial charge in [0.15, 0.2) is 0 Å². The average molecular weight is 272 g/mol. The van der Waals surface area contributed by atoms with Crippen molar-refractivity contribution in [3.63, 3.8) is 0 Å². The van der Waals surface area contributed by atoms with Gasteiger partial charge in [0.05, 0.1) is 0 Å². The molecule has 0 aliphatic carbocycles. The first kappa shape index (κ1) is 17.4. The van der Waals surface area contributed by atoms with Gasteiger partial charge in [-0.05, 0) is 27.7 Å². The first-order valence-electron chi connectivity index (χ1n) is 6.23. The molecule has 2 N–H and O–H groups in total. The Hall–Kier alpha value is -1.56. The third-order valence-electron chi connectivity index (χ3n) is 2.32. The molecule has 0 radical (unpaired) electrons. The van der Waals surface area contributed by atoms with Crippen molar-refractivity contribution in [2.75, 3.05) is 19.6 Å². The van der Waals surface area contributed by atoms with Crippen LogP contribution in [0, 0.1) is 0 Å². The number of amides is 1. The molecule has 19 heavy (non-hydrogen) atoms. The lowest BCUT2D eigenvalue weighted by Crippen LogP contribution is -2.51. The van der Waals surface area contributed by atoms with Gasteiger partial charge in [-0.25, -0.2) is 9.59 Å². The maximum atomic E-state index is 10.5. The van der Waals surface area contributed by atoms with Crippen LogP contribution in [0.15, 0.2) is 12.7 Å². The second-order valence-electron chi connectivity index (χ2n) is 5.27. The Labute approximate surface area is 114 Å². The van der Waals surface area contributed by atoms with Gasteiger partial charge in [0, 0.05) is 31.8 Å². The van der Waals surface area contributed by atoms with Gasteiger partial charge in [-0.15, -0.1) is 0 Å². The molecule has 1 fully saturated rings. The summed E-state index contributed by atoms with van der Waals surface area (Å²) >= 11 is 0. The molecule has 1 saturated heterocycles. The highest BCUT2D eigenvalue weighted by Crippen LogP contribution is 2.06. The zero-order chi connectivity index (χ0) is 15.1. The van der Waals surface area contributed by atoms with Crippen molar-refractivity contribution < 1.29 is 19.4 Å². The van der Waals surface area contributed by atoms with Crippen molar-refractivity contribution in [2.24, 2.45) is 0 Å². The monoisotopic (exact) mass is 272 g/mol. The molecule has 0 aromatic carbocycles. The minimum absolute atomic E-state index is 0.117. The summed E-state index contributed by atoms with van der Waals surface area (Å²) in [6.07, 6.45) is 0.347. The van der Waals surface area contributed by atoms with Gasteiger partial charge in [-0.2, -0.15) is 0 Å². The molecule has 6 nitrogen and oxygen atoms in total. The van der Waals surface area contributed by atoms with E-state index in [4.69, 9.17) is 9.84 Å². The number of nitrogens with zero attached hydrogens (tertiary/aromatic N) is 1. The molecule has 0 spiro atoms. The summed E-state index contributed by atoms with van der Waals surface area (Å²) in [6.45, 7) is 12.8. The fourth-order valence-corrected chi connectivity index (χ4v) is 1.47. The van der Waals surface area contributed by atoms with E-state index in [-0.39, 0.29) is 12.0 Å². The minimum Gasteiger partial charge on any atom is -0.465 e. The lowest BCUT2D eigenvalue weighted by Gasteiger charge is -2.31. The van der Waals surface area contributed by atoms with Gasteiger partial charge in [0.25, 0.3) is 0 Å². The van der Waals surface area contributed by atoms with Crippen LogP contribution in [0.4, 0.5) is 4.79 Å². The third kappa shape index (κ3) is 8.20. The zero-order valence-electron chi connectivity index (χ0n) is 12.1. The normalized spacial score (nSPS) is 18.9. The number of esters is 1. The molecule has 0 saturated carbocycles. The molecular formula is C13H24N2O4. The summed E-state index contributed by atoms with van der Waals surface area (Å²) in [4.78, 5) is 22.4. The molecule has 6 heteroatoms. The second-order valence-corrected chi connectivity index (χ2v) is 5.27. The summed E-state index contributed by atoms with van der Waals surface area (Å²) in [5.74, 6) is -0.373. The smallest absolute Gasteiger partial charge is 0.407 e. The van der Waals surface area contributed by atoms with E-state index < -0.39 is 11.7 Å². The first-order chi connectivity index (χ1) is 8.67. The summed E-state index contributed by atoms with van der Waals surface area (Å²) in [6, 6.07) is 0.117. The minimum atomic E-state index is -0.811. The Balaban J connectivity index is 0.000000344. The number of hydrogen-bond donors (Lipinski definition) is 2. The SMILES string of the molecule is C=CC(=O)OC(C)(C)C.C[C@@H]1CNCCN1C(=O)O. The van der Waals surface area contributed by atoms with E-state index in [1.54, 1.807) is 0 Å². The highest BCUT2D eigenvalue weighted by molar-refractivity contribution is 5.81. The highest BCUT2D eigenvalue weighted by Gasteiger charge is 2.21. The fourth-order valence-electron chi connectivity index (χ4n) is 1.47. The second kappa shape index (κ2) is 7.78. The van der Waals surface area contributed by atoms with Crippen LogP contribution in [0.25, 0.3) is 0 Å². The van der Waals surface area contributed by atoms with Crippen LogP contribution in [-0.2, 0) is 9.53 Å². The Morgan fingerprint density at radius 1 is 1.47 bits per heavy atom. The van der Waals surface area contributed by atoms with E-state index in [9.17, 15) is 9.59 Å². The standard InChI is InChI=1S/C7H12O2.C6H12N2O2/c1-5-6(8)9-7(2,3)4;1-5-4-7-2-3-8(5)6(9)10/h5H,1H2,2-4H3;5,7H,2-4H2,1H3,(H,9,10)/t;5-/m.1/s1. The number of piperazine rings is 1. The van der Waals surface area contributed by atoms with Crippen molar-refractivity contribution in [3.05, 3.63) is 12.7 Å². The lowest BCUT2D eigenvalue weighted by atomic mass is 10.2. The molecule has 0 bridgehead atoms. The quantitative estimate of drug-likeness (QED) is 0.558.